The zero-order valence-electron chi connectivity index (χ0n) is 12.2. The van der Waals surface area contributed by atoms with E-state index in [1.54, 1.807) is 18.6 Å². The average Bonchev–Trinajstić information content (AvgIpc) is 2.95. The first-order valence-electron chi connectivity index (χ1n) is 6.63. The molecule has 16 heavy (non-hydrogen) atoms. The number of nitrogens with zero attached hydrogens (tertiary/aromatic N) is 5. The SMILES string of the molecule is [2H]C([2H])([2H])N1C=CN(c2cn3ccnc3n2C)[C@H]1C. The van der Waals surface area contributed by atoms with Crippen molar-refractivity contribution >= 4 is 11.6 Å². The van der Waals surface area contributed by atoms with Crippen LogP contribution in [-0.4, -0.2) is 32.0 Å². The molecule has 2 aromatic rings. The van der Waals surface area contributed by atoms with E-state index in [0.717, 1.165) is 11.6 Å². The summed E-state index contributed by atoms with van der Waals surface area (Å²) in [7, 11) is 1.91. The molecule has 0 unspecified atom stereocenters. The van der Waals surface area contributed by atoms with Crippen molar-refractivity contribution in [2.75, 3.05) is 11.9 Å². The molecule has 0 N–H and O–H groups in total. The quantitative estimate of drug-likeness (QED) is 0.724. The van der Waals surface area contributed by atoms with Crippen LogP contribution >= 0.6 is 0 Å². The van der Waals surface area contributed by atoms with Crippen LogP contribution in [0, 0.1) is 0 Å². The monoisotopic (exact) mass is 220 g/mol. The predicted molar refractivity (Wildman–Crippen MR) is 63.0 cm³/mol. The minimum atomic E-state index is -2.13. The summed E-state index contributed by atoms with van der Waals surface area (Å²) in [4.78, 5) is 7.54. The van der Waals surface area contributed by atoms with E-state index in [0.29, 0.717) is 0 Å². The lowest BCUT2D eigenvalue weighted by molar-refractivity contribution is 0.381. The van der Waals surface area contributed by atoms with E-state index in [1.165, 1.54) is 4.90 Å². The summed E-state index contributed by atoms with van der Waals surface area (Å²) in [5.74, 6) is 1.72. The van der Waals surface area contributed by atoms with Gasteiger partial charge in [0.25, 0.3) is 0 Å². The molecule has 5 nitrogen and oxygen atoms in total. The van der Waals surface area contributed by atoms with Gasteiger partial charge in [-0.1, -0.05) is 0 Å². The first kappa shape index (κ1) is 6.62. The highest BCUT2D eigenvalue weighted by Crippen LogP contribution is 2.24. The molecule has 84 valence electrons. The van der Waals surface area contributed by atoms with Crippen LogP contribution in [0.4, 0.5) is 5.82 Å². The lowest BCUT2D eigenvalue weighted by Crippen LogP contribution is -2.34. The van der Waals surface area contributed by atoms with Crippen LogP contribution < -0.4 is 4.90 Å². The molecule has 0 saturated heterocycles. The number of hydrogen-bond donors (Lipinski definition) is 0. The Balaban J connectivity index is 1.98. The number of anilines is 1. The Labute approximate surface area is 98.4 Å². The molecular weight excluding hydrogens is 202 g/mol. The number of fused-ring (bicyclic) bond motifs is 1. The van der Waals surface area contributed by atoms with Gasteiger partial charge in [0.2, 0.25) is 5.78 Å². The zero-order chi connectivity index (χ0) is 13.8. The predicted octanol–water partition coefficient (Wildman–Crippen LogP) is 1.24. The van der Waals surface area contributed by atoms with Crippen LogP contribution in [0.2, 0.25) is 0 Å². The topological polar surface area (TPSA) is 28.7 Å². The van der Waals surface area contributed by atoms with Crippen molar-refractivity contribution in [2.24, 2.45) is 7.05 Å². The van der Waals surface area contributed by atoms with Gasteiger partial charge in [0.15, 0.2) is 0 Å². The third-order valence-corrected chi connectivity index (χ3v) is 3.00. The maximum atomic E-state index is 7.50. The standard InChI is InChI=1S/C11H15N5/c1-9-13(2)6-7-16(9)10-8-15-5-4-12-11(15)14(10)3/h4-9H,1-3H3/t9-/m0/s1/i2D3. The van der Waals surface area contributed by atoms with E-state index >= 15 is 0 Å². The van der Waals surface area contributed by atoms with Crippen molar-refractivity contribution in [3.8, 4) is 0 Å². The van der Waals surface area contributed by atoms with Crippen molar-refractivity contribution in [3.05, 3.63) is 31.0 Å². The van der Waals surface area contributed by atoms with Crippen LogP contribution in [0.1, 0.15) is 11.0 Å². The highest BCUT2D eigenvalue weighted by molar-refractivity contribution is 5.52. The molecule has 0 aromatic carbocycles. The summed E-state index contributed by atoms with van der Waals surface area (Å²) in [5, 5.41) is 0. The molecule has 0 amide bonds. The van der Waals surface area contributed by atoms with Crippen molar-refractivity contribution in [2.45, 2.75) is 13.1 Å². The summed E-state index contributed by atoms with van der Waals surface area (Å²) in [6.45, 7) is -0.266. The molecule has 3 heterocycles. The van der Waals surface area contributed by atoms with Crippen molar-refractivity contribution in [1.82, 2.24) is 18.9 Å². The highest BCUT2D eigenvalue weighted by Gasteiger charge is 2.23. The van der Waals surface area contributed by atoms with E-state index in [4.69, 9.17) is 4.11 Å². The van der Waals surface area contributed by atoms with Gasteiger partial charge < -0.3 is 9.80 Å². The van der Waals surface area contributed by atoms with E-state index in [2.05, 4.69) is 4.98 Å². The van der Waals surface area contributed by atoms with Gasteiger partial charge in [0.1, 0.15) is 12.0 Å². The maximum Gasteiger partial charge on any atom is 0.215 e. The molecule has 0 aliphatic carbocycles. The van der Waals surface area contributed by atoms with Gasteiger partial charge in [-0.05, 0) is 6.92 Å². The lowest BCUT2D eigenvalue weighted by atomic mass is 10.4. The van der Waals surface area contributed by atoms with Crippen LogP contribution in [-0.2, 0) is 7.05 Å². The van der Waals surface area contributed by atoms with E-state index in [-0.39, 0.29) is 6.17 Å². The van der Waals surface area contributed by atoms with Crippen LogP contribution in [0.25, 0.3) is 5.78 Å². The molecule has 1 aliphatic rings. The Morgan fingerprint density at radius 3 is 3.00 bits per heavy atom. The normalized spacial score (nSPS) is 23.9. The van der Waals surface area contributed by atoms with Crippen LogP contribution in [0.15, 0.2) is 31.0 Å². The third kappa shape index (κ3) is 1.08. The molecule has 2 aromatic heterocycles. The number of hydrogen-bond acceptors (Lipinski definition) is 3. The second kappa shape index (κ2) is 3.04. The lowest BCUT2D eigenvalue weighted by Gasteiger charge is -2.26. The van der Waals surface area contributed by atoms with Crippen molar-refractivity contribution in [3.63, 3.8) is 0 Å². The summed E-state index contributed by atoms with van der Waals surface area (Å²) in [6.07, 6.45) is 8.67. The molecule has 0 spiro atoms. The van der Waals surface area contributed by atoms with Gasteiger partial charge in [-0.25, -0.2) is 4.98 Å². The number of imidazole rings is 2. The van der Waals surface area contributed by atoms with E-state index in [1.807, 2.05) is 40.2 Å². The van der Waals surface area contributed by atoms with Crippen molar-refractivity contribution < 1.29 is 4.11 Å². The molecule has 0 bridgehead atoms. The number of rotatable bonds is 1. The van der Waals surface area contributed by atoms with Gasteiger partial charge in [-0.3, -0.25) is 8.97 Å². The number of aryl methyl sites for hydroxylation is 1. The fourth-order valence-corrected chi connectivity index (χ4v) is 2.01. The largest absolute Gasteiger partial charge is 0.359 e. The molecular formula is C11H15N5. The molecule has 1 aliphatic heterocycles. The first-order chi connectivity index (χ1) is 8.89. The Hall–Kier alpha value is -1.91. The fourth-order valence-electron chi connectivity index (χ4n) is 2.01. The summed E-state index contributed by atoms with van der Waals surface area (Å²) in [6, 6.07) is 0. The fraction of sp³-hybridized carbons (Fsp3) is 0.364. The van der Waals surface area contributed by atoms with Gasteiger partial charge in [0, 0.05) is 42.9 Å². The van der Waals surface area contributed by atoms with Gasteiger partial charge in [-0.15, -0.1) is 0 Å². The second-order valence-corrected chi connectivity index (χ2v) is 3.93. The van der Waals surface area contributed by atoms with E-state index in [9.17, 15) is 0 Å². The molecule has 0 fully saturated rings. The minimum Gasteiger partial charge on any atom is -0.359 e. The molecule has 0 radical (unpaired) electrons. The first-order valence-corrected chi connectivity index (χ1v) is 5.13. The Morgan fingerprint density at radius 2 is 2.31 bits per heavy atom. The minimum absolute atomic E-state index is 0.259. The summed E-state index contributed by atoms with van der Waals surface area (Å²) >= 11 is 0. The summed E-state index contributed by atoms with van der Waals surface area (Å²) < 4.78 is 26.3. The highest BCUT2D eigenvalue weighted by atomic mass is 15.4. The maximum absolute atomic E-state index is 7.50. The Kier molecular flexibility index (Phi) is 1.26. The molecule has 3 rings (SSSR count). The zero-order valence-corrected chi connectivity index (χ0v) is 9.20. The van der Waals surface area contributed by atoms with Gasteiger partial charge in [-0.2, -0.15) is 0 Å². The molecule has 5 heteroatoms. The van der Waals surface area contributed by atoms with Crippen LogP contribution in [0.3, 0.4) is 0 Å². The van der Waals surface area contributed by atoms with Crippen molar-refractivity contribution in [1.29, 1.82) is 0 Å². The van der Waals surface area contributed by atoms with E-state index < -0.39 is 6.98 Å². The molecule has 0 saturated carbocycles. The average molecular weight is 220 g/mol. The Bertz CT molecular complexity index is 638. The third-order valence-electron chi connectivity index (χ3n) is 3.00. The van der Waals surface area contributed by atoms with Crippen LogP contribution in [0.5, 0.6) is 0 Å². The smallest absolute Gasteiger partial charge is 0.215 e. The van der Waals surface area contributed by atoms with Gasteiger partial charge >= 0.3 is 0 Å². The second-order valence-electron chi connectivity index (χ2n) is 3.93. The summed E-state index contributed by atoms with van der Waals surface area (Å²) in [5.41, 5.74) is 0. The Morgan fingerprint density at radius 1 is 1.44 bits per heavy atom. The number of aromatic nitrogens is 3. The van der Waals surface area contributed by atoms with Gasteiger partial charge in [0.05, 0.1) is 6.20 Å². The molecule has 1 atom stereocenters.